The Labute approximate surface area is 174 Å². The van der Waals surface area contributed by atoms with Gasteiger partial charge in [-0.15, -0.1) is 10.2 Å². The van der Waals surface area contributed by atoms with Crippen molar-refractivity contribution in [2.75, 3.05) is 24.2 Å². The number of likely N-dealkylation sites (tertiary alicyclic amines) is 1. The first kappa shape index (κ1) is 19.7. The fourth-order valence-corrected chi connectivity index (χ4v) is 3.94. The maximum absolute atomic E-state index is 12.2. The fourth-order valence-electron chi connectivity index (χ4n) is 3.36. The van der Waals surface area contributed by atoms with Gasteiger partial charge in [0, 0.05) is 12.2 Å². The third-order valence-electron chi connectivity index (χ3n) is 4.82. The first-order valence-corrected chi connectivity index (χ1v) is 10.8. The smallest absolute Gasteiger partial charge is 0.277 e. The van der Waals surface area contributed by atoms with Gasteiger partial charge in [-0.3, -0.25) is 9.69 Å². The number of thioether (sulfide) groups is 1. The van der Waals surface area contributed by atoms with Gasteiger partial charge in [-0.1, -0.05) is 54.2 Å². The zero-order chi connectivity index (χ0) is 19.9. The van der Waals surface area contributed by atoms with Crippen LogP contribution in [0.3, 0.4) is 0 Å². The van der Waals surface area contributed by atoms with Crippen LogP contribution in [0, 0.1) is 0 Å². The molecule has 7 heteroatoms. The van der Waals surface area contributed by atoms with Gasteiger partial charge >= 0.3 is 0 Å². The third-order valence-corrected chi connectivity index (χ3v) is 5.63. The number of carbonyl (C=O) groups excluding carboxylic acids is 1. The summed E-state index contributed by atoms with van der Waals surface area (Å²) in [5.41, 5.74) is 3.19. The number of benzene rings is 2. The van der Waals surface area contributed by atoms with Gasteiger partial charge in [-0.2, -0.15) is 0 Å². The Hall–Kier alpha value is -2.64. The van der Waals surface area contributed by atoms with E-state index in [1.54, 1.807) is 0 Å². The Morgan fingerprint density at radius 3 is 2.52 bits per heavy atom. The van der Waals surface area contributed by atoms with Crippen LogP contribution >= 0.6 is 11.8 Å². The van der Waals surface area contributed by atoms with Crippen molar-refractivity contribution in [1.29, 1.82) is 0 Å². The summed E-state index contributed by atoms with van der Waals surface area (Å²) in [5, 5.41) is 11.4. The minimum Gasteiger partial charge on any atom is -0.416 e. The standard InChI is InChI=1S/C22H24N4O2S/c27-20(23-19-10-8-18(9-11-19)15-26-12-4-5-13-26)16-29-22-25-24-21(28-22)14-17-6-2-1-3-7-17/h1-3,6-11H,4-5,12-16H2,(H,23,27). The molecule has 1 aromatic heterocycles. The molecule has 0 spiro atoms. The molecule has 1 fully saturated rings. The van der Waals surface area contributed by atoms with Crippen LogP contribution in [-0.4, -0.2) is 39.8 Å². The van der Waals surface area contributed by atoms with Crippen molar-refractivity contribution in [3.63, 3.8) is 0 Å². The van der Waals surface area contributed by atoms with E-state index in [2.05, 4.69) is 32.5 Å². The normalized spacial score (nSPS) is 14.2. The van der Waals surface area contributed by atoms with Gasteiger partial charge in [0.1, 0.15) is 0 Å². The minimum absolute atomic E-state index is 0.0925. The average molecular weight is 409 g/mol. The van der Waals surface area contributed by atoms with Crippen molar-refractivity contribution >= 4 is 23.4 Å². The van der Waals surface area contributed by atoms with Crippen LogP contribution < -0.4 is 5.32 Å². The van der Waals surface area contributed by atoms with E-state index >= 15 is 0 Å². The molecule has 1 amide bonds. The molecule has 1 N–H and O–H groups in total. The van der Waals surface area contributed by atoms with Crippen molar-refractivity contribution in [2.45, 2.75) is 31.0 Å². The molecule has 2 aromatic carbocycles. The Kier molecular flexibility index (Phi) is 6.59. The summed E-state index contributed by atoms with van der Waals surface area (Å²) in [6.45, 7) is 3.34. The molecule has 3 aromatic rings. The van der Waals surface area contributed by atoms with Crippen molar-refractivity contribution in [3.05, 3.63) is 71.6 Å². The van der Waals surface area contributed by atoms with Gasteiger partial charge in [0.05, 0.1) is 12.2 Å². The summed E-state index contributed by atoms with van der Waals surface area (Å²) in [6, 6.07) is 18.0. The molecular formula is C22H24N4O2S. The Morgan fingerprint density at radius 1 is 1.00 bits per heavy atom. The topological polar surface area (TPSA) is 71.3 Å². The number of hydrogen-bond donors (Lipinski definition) is 1. The maximum Gasteiger partial charge on any atom is 0.277 e. The summed E-state index contributed by atoms with van der Waals surface area (Å²) in [6.07, 6.45) is 3.17. The lowest BCUT2D eigenvalue weighted by Gasteiger charge is -2.14. The lowest BCUT2D eigenvalue weighted by Crippen LogP contribution is -2.18. The van der Waals surface area contributed by atoms with Gasteiger partial charge in [0.15, 0.2) is 0 Å². The monoisotopic (exact) mass is 408 g/mol. The van der Waals surface area contributed by atoms with Gasteiger partial charge in [0.2, 0.25) is 11.8 Å². The van der Waals surface area contributed by atoms with Crippen molar-refractivity contribution in [1.82, 2.24) is 15.1 Å². The van der Waals surface area contributed by atoms with Crippen LogP contribution in [0.15, 0.2) is 64.2 Å². The number of aromatic nitrogens is 2. The Morgan fingerprint density at radius 2 is 1.76 bits per heavy atom. The van der Waals surface area contributed by atoms with Crippen molar-refractivity contribution in [3.8, 4) is 0 Å². The molecule has 0 aliphatic carbocycles. The molecule has 6 nitrogen and oxygen atoms in total. The Balaban J connectivity index is 1.22. The SMILES string of the molecule is O=C(CSc1nnc(Cc2ccccc2)o1)Nc1ccc(CN2CCCC2)cc1. The molecule has 0 bridgehead atoms. The molecule has 1 aliphatic heterocycles. The maximum atomic E-state index is 12.2. The molecule has 2 heterocycles. The molecule has 0 saturated carbocycles. The van der Waals surface area contributed by atoms with E-state index in [9.17, 15) is 4.79 Å². The highest BCUT2D eigenvalue weighted by Gasteiger charge is 2.12. The van der Waals surface area contributed by atoms with Gasteiger partial charge < -0.3 is 9.73 Å². The van der Waals surface area contributed by atoms with Gasteiger partial charge in [-0.25, -0.2) is 0 Å². The molecule has 0 unspecified atom stereocenters. The number of hydrogen-bond acceptors (Lipinski definition) is 6. The summed E-state index contributed by atoms with van der Waals surface area (Å²) in [4.78, 5) is 14.7. The number of rotatable bonds is 8. The predicted octanol–water partition coefficient (Wildman–Crippen LogP) is 3.99. The molecule has 1 aliphatic rings. The number of anilines is 1. The molecule has 4 rings (SSSR count). The van der Waals surface area contributed by atoms with Crippen LogP contribution in [0.2, 0.25) is 0 Å². The van der Waals surface area contributed by atoms with E-state index in [1.807, 2.05) is 42.5 Å². The van der Waals surface area contributed by atoms with Crippen LogP contribution in [0.1, 0.15) is 29.9 Å². The molecular weight excluding hydrogens is 384 g/mol. The van der Waals surface area contributed by atoms with Crippen LogP contribution in [0.4, 0.5) is 5.69 Å². The highest BCUT2D eigenvalue weighted by atomic mass is 32.2. The van der Waals surface area contributed by atoms with E-state index in [0.717, 1.165) is 17.8 Å². The molecule has 0 radical (unpaired) electrons. The minimum atomic E-state index is -0.0925. The number of nitrogens with one attached hydrogen (secondary N) is 1. The number of nitrogens with zero attached hydrogens (tertiary/aromatic N) is 3. The van der Waals surface area contributed by atoms with E-state index < -0.39 is 0 Å². The van der Waals surface area contributed by atoms with Crippen molar-refractivity contribution in [2.24, 2.45) is 0 Å². The van der Waals surface area contributed by atoms with Crippen LogP contribution in [0.5, 0.6) is 0 Å². The van der Waals surface area contributed by atoms with E-state index in [4.69, 9.17) is 4.42 Å². The average Bonchev–Trinajstić information content (AvgIpc) is 3.41. The highest BCUT2D eigenvalue weighted by Crippen LogP contribution is 2.19. The largest absolute Gasteiger partial charge is 0.416 e. The van der Waals surface area contributed by atoms with E-state index in [0.29, 0.717) is 17.5 Å². The second-order valence-corrected chi connectivity index (χ2v) is 8.07. The fraction of sp³-hybridized carbons (Fsp3) is 0.318. The van der Waals surface area contributed by atoms with Crippen molar-refractivity contribution < 1.29 is 9.21 Å². The lowest BCUT2D eigenvalue weighted by atomic mass is 10.2. The Bertz CT molecular complexity index is 922. The summed E-state index contributed by atoms with van der Waals surface area (Å²) < 4.78 is 5.62. The summed E-state index contributed by atoms with van der Waals surface area (Å²) >= 11 is 1.24. The first-order chi connectivity index (χ1) is 14.2. The second kappa shape index (κ2) is 9.71. The zero-order valence-corrected chi connectivity index (χ0v) is 17.0. The van der Waals surface area contributed by atoms with Gasteiger partial charge in [-0.05, 0) is 49.2 Å². The number of amides is 1. The quantitative estimate of drug-likeness (QED) is 0.569. The molecule has 29 heavy (non-hydrogen) atoms. The molecule has 0 atom stereocenters. The van der Waals surface area contributed by atoms with Gasteiger partial charge in [0.25, 0.3) is 5.22 Å². The highest BCUT2D eigenvalue weighted by molar-refractivity contribution is 7.99. The second-order valence-electron chi connectivity index (χ2n) is 7.14. The van der Waals surface area contributed by atoms with Crippen LogP contribution in [-0.2, 0) is 17.8 Å². The number of carbonyl (C=O) groups is 1. The third kappa shape index (κ3) is 5.92. The van der Waals surface area contributed by atoms with E-state index in [1.165, 1.54) is 43.3 Å². The lowest BCUT2D eigenvalue weighted by molar-refractivity contribution is -0.113. The van der Waals surface area contributed by atoms with Crippen LogP contribution in [0.25, 0.3) is 0 Å². The molecule has 1 saturated heterocycles. The summed E-state index contributed by atoms with van der Waals surface area (Å²) in [7, 11) is 0. The predicted molar refractivity (Wildman–Crippen MR) is 114 cm³/mol. The summed E-state index contributed by atoms with van der Waals surface area (Å²) in [5.74, 6) is 0.681. The van der Waals surface area contributed by atoms with E-state index in [-0.39, 0.29) is 11.7 Å². The first-order valence-electron chi connectivity index (χ1n) is 9.85. The zero-order valence-electron chi connectivity index (χ0n) is 16.2. The molecule has 150 valence electrons.